The monoisotopic (exact) mass is 249 g/mol. The average molecular weight is 249 g/mol. The minimum atomic E-state index is 0.0948. The van der Waals surface area contributed by atoms with Crippen molar-refractivity contribution >= 4 is 0 Å². The summed E-state index contributed by atoms with van der Waals surface area (Å²) in [5, 5.41) is 9.26. The van der Waals surface area contributed by atoms with Gasteiger partial charge in [0.15, 0.2) is 0 Å². The summed E-state index contributed by atoms with van der Waals surface area (Å²) >= 11 is 0. The highest BCUT2D eigenvalue weighted by Gasteiger charge is 2.32. The van der Waals surface area contributed by atoms with Crippen LogP contribution < -0.4 is 5.73 Å². The minimum Gasteiger partial charge on any atom is -0.396 e. The fraction of sp³-hybridized carbons (Fsp3) is 0.643. The zero-order chi connectivity index (χ0) is 13.0. The van der Waals surface area contributed by atoms with Crippen LogP contribution in [0.4, 0.5) is 0 Å². The van der Waals surface area contributed by atoms with E-state index in [-0.39, 0.29) is 18.7 Å². The molecule has 0 amide bonds. The second-order valence-corrected chi connectivity index (χ2v) is 5.10. The van der Waals surface area contributed by atoms with Gasteiger partial charge in [-0.05, 0) is 37.4 Å². The second-order valence-electron chi connectivity index (χ2n) is 5.10. The molecule has 1 aliphatic heterocycles. The lowest BCUT2D eigenvalue weighted by atomic mass is 10.0. The molecule has 2 rings (SSSR count). The largest absolute Gasteiger partial charge is 0.396 e. The zero-order valence-electron chi connectivity index (χ0n) is 11.0. The predicted molar refractivity (Wildman–Crippen MR) is 72.0 cm³/mol. The smallest absolute Gasteiger partial charge is 0.0673 e. The zero-order valence-corrected chi connectivity index (χ0v) is 11.0. The summed E-state index contributed by atoms with van der Waals surface area (Å²) in [5.74, 6) is 0.389. The van der Waals surface area contributed by atoms with Gasteiger partial charge < -0.3 is 10.8 Å². The van der Waals surface area contributed by atoms with Crippen molar-refractivity contribution in [1.29, 1.82) is 0 Å². The van der Waals surface area contributed by atoms with E-state index in [1.54, 1.807) is 0 Å². The fourth-order valence-corrected chi connectivity index (χ4v) is 2.72. The molecule has 1 aromatic heterocycles. The number of likely N-dealkylation sites (tertiary alicyclic amines) is 1. The molecular formula is C14H23N3O. The number of rotatable bonds is 5. The van der Waals surface area contributed by atoms with Gasteiger partial charge in [-0.3, -0.25) is 9.88 Å². The predicted octanol–water partition coefficient (Wildman–Crippen LogP) is 1.17. The van der Waals surface area contributed by atoms with E-state index < -0.39 is 0 Å². The average Bonchev–Trinajstić information content (AvgIpc) is 2.88. The summed E-state index contributed by atoms with van der Waals surface area (Å²) in [5.41, 5.74) is 7.32. The van der Waals surface area contributed by atoms with Gasteiger partial charge in [0, 0.05) is 25.4 Å². The van der Waals surface area contributed by atoms with E-state index in [2.05, 4.69) is 16.8 Å². The molecule has 100 valence electrons. The van der Waals surface area contributed by atoms with E-state index >= 15 is 0 Å². The third-order valence-electron chi connectivity index (χ3n) is 3.84. The van der Waals surface area contributed by atoms with E-state index in [1.807, 2.05) is 24.4 Å². The summed E-state index contributed by atoms with van der Waals surface area (Å²) in [4.78, 5) is 6.83. The number of pyridine rings is 1. The maximum Gasteiger partial charge on any atom is 0.0673 e. The summed E-state index contributed by atoms with van der Waals surface area (Å²) < 4.78 is 0. The molecule has 0 spiro atoms. The lowest BCUT2D eigenvalue weighted by Gasteiger charge is -2.31. The number of nitrogens with zero attached hydrogens (tertiary/aromatic N) is 2. The molecule has 1 aliphatic rings. The Labute approximate surface area is 109 Å². The van der Waals surface area contributed by atoms with Crippen molar-refractivity contribution < 1.29 is 5.11 Å². The van der Waals surface area contributed by atoms with Crippen LogP contribution in [-0.2, 0) is 0 Å². The lowest BCUT2D eigenvalue weighted by molar-refractivity contribution is 0.177. The number of hydrogen-bond acceptors (Lipinski definition) is 4. The van der Waals surface area contributed by atoms with Gasteiger partial charge in [-0.2, -0.15) is 0 Å². The van der Waals surface area contributed by atoms with E-state index in [4.69, 9.17) is 5.73 Å². The minimum absolute atomic E-state index is 0.0948. The maximum absolute atomic E-state index is 9.26. The van der Waals surface area contributed by atoms with Gasteiger partial charge in [0.05, 0.1) is 11.7 Å². The molecule has 4 nitrogen and oxygen atoms in total. The van der Waals surface area contributed by atoms with Gasteiger partial charge in [-0.1, -0.05) is 13.0 Å². The molecule has 0 bridgehead atoms. The molecule has 0 aliphatic carbocycles. The molecule has 1 fully saturated rings. The van der Waals surface area contributed by atoms with Gasteiger partial charge in [0.25, 0.3) is 0 Å². The van der Waals surface area contributed by atoms with Crippen LogP contribution in [0.5, 0.6) is 0 Å². The molecule has 4 heteroatoms. The van der Waals surface area contributed by atoms with Crippen molar-refractivity contribution in [3.63, 3.8) is 0 Å². The first-order valence-electron chi connectivity index (χ1n) is 6.77. The number of aromatic nitrogens is 1. The number of aliphatic hydroxyl groups excluding tert-OH is 1. The molecule has 1 saturated heterocycles. The third kappa shape index (κ3) is 2.88. The third-order valence-corrected chi connectivity index (χ3v) is 3.84. The normalized spacial score (nSPS) is 24.1. The van der Waals surface area contributed by atoms with Crippen molar-refractivity contribution in [2.75, 3.05) is 19.7 Å². The first-order chi connectivity index (χ1) is 8.76. The van der Waals surface area contributed by atoms with Gasteiger partial charge in [0.1, 0.15) is 0 Å². The molecule has 0 aromatic carbocycles. The Balaban J connectivity index is 2.16. The quantitative estimate of drug-likeness (QED) is 0.822. The summed E-state index contributed by atoms with van der Waals surface area (Å²) in [6.07, 6.45) is 3.81. The van der Waals surface area contributed by atoms with E-state index in [0.29, 0.717) is 5.92 Å². The van der Waals surface area contributed by atoms with Gasteiger partial charge in [-0.15, -0.1) is 0 Å². The highest BCUT2D eigenvalue weighted by molar-refractivity contribution is 5.12. The van der Waals surface area contributed by atoms with Gasteiger partial charge >= 0.3 is 0 Å². The Kier molecular flexibility index (Phi) is 4.69. The van der Waals surface area contributed by atoms with Crippen LogP contribution in [0.25, 0.3) is 0 Å². The van der Waals surface area contributed by atoms with E-state index in [1.165, 1.54) is 0 Å². The Morgan fingerprint density at radius 3 is 2.94 bits per heavy atom. The molecule has 0 radical (unpaired) electrons. The lowest BCUT2D eigenvalue weighted by Crippen LogP contribution is -2.40. The van der Waals surface area contributed by atoms with Crippen LogP contribution in [0.1, 0.15) is 31.5 Å². The standard InChI is InChI=1S/C14H23N3O/c1-2-12(15)14(13-5-3-4-7-16-13)17-8-6-11(9-17)10-18/h3-5,7,11-12,14,18H,2,6,8-10,15H2,1H3. The highest BCUT2D eigenvalue weighted by Crippen LogP contribution is 2.29. The first-order valence-corrected chi connectivity index (χ1v) is 6.77. The molecule has 3 N–H and O–H groups in total. The summed E-state index contributed by atoms with van der Waals surface area (Å²) in [7, 11) is 0. The SMILES string of the molecule is CCC(N)C(c1ccccn1)N1CCC(CO)C1. The van der Waals surface area contributed by atoms with Crippen molar-refractivity contribution in [2.24, 2.45) is 11.7 Å². The van der Waals surface area contributed by atoms with Crippen molar-refractivity contribution in [2.45, 2.75) is 31.8 Å². The molecule has 1 aromatic rings. The Hall–Kier alpha value is -0.970. The van der Waals surface area contributed by atoms with Crippen LogP contribution in [0, 0.1) is 5.92 Å². The second kappa shape index (κ2) is 6.27. The Morgan fingerprint density at radius 2 is 2.39 bits per heavy atom. The van der Waals surface area contributed by atoms with Crippen molar-refractivity contribution in [1.82, 2.24) is 9.88 Å². The summed E-state index contributed by atoms with van der Waals surface area (Å²) in [6.45, 7) is 4.30. The van der Waals surface area contributed by atoms with Crippen LogP contribution in [0.2, 0.25) is 0 Å². The van der Waals surface area contributed by atoms with Crippen molar-refractivity contribution in [3.05, 3.63) is 30.1 Å². The number of nitrogens with two attached hydrogens (primary N) is 1. The topological polar surface area (TPSA) is 62.4 Å². The molecule has 2 heterocycles. The molecule has 3 unspecified atom stereocenters. The van der Waals surface area contributed by atoms with Gasteiger partial charge in [-0.25, -0.2) is 0 Å². The van der Waals surface area contributed by atoms with Crippen LogP contribution >= 0.6 is 0 Å². The van der Waals surface area contributed by atoms with Crippen molar-refractivity contribution in [3.8, 4) is 0 Å². The van der Waals surface area contributed by atoms with E-state index in [9.17, 15) is 5.11 Å². The molecular weight excluding hydrogens is 226 g/mol. The first kappa shape index (κ1) is 13.5. The van der Waals surface area contributed by atoms with Gasteiger partial charge in [0.2, 0.25) is 0 Å². The van der Waals surface area contributed by atoms with E-state index in [0.717, 1.165) is 31.6 Å². The number of aliphatic hydroxyl groups is 1. The summed E-state index contributed by atoms with van der Waals surface area (Å²) in [6, 6.07) is 6.26. The fourth-order valence-electron chi connectivity index (χ4n) is 2.72. The van der Waals surface area contributed by atoms with Crippen LogP contribution in [0.15, 0.2) is 24.4 Å². The highest BCUT2D eigenvalue weighted by atomic mass is 16.3. The molecule has 18 heavy (non-hydrogen) atoms. The van der Waals surface area contributed by atoms with Crippen LogP contribution in [0.3, 0.4) is 0 Å². The van der Waals surface area contributed by atoms with Crippen LogP contribution in [-0.4, -0.2) is 40.7 Å². The Bertz CT molecular complexity index is 357. The molecule has 3 atom stereocenters. The number of hydrogen-bond donors (Lipinski definition) is 2. The molecule has 0 saturated carbocycles. The Morgan fingerprint density at radius 1 is 1.56 bits per heavy atom. The maximum atomic E-state index is 9.26.